The van der Waals surface area contributed by atoms with Gasteiger partial charge in [0.05, 0.1) is 23.9 Å². The molecule has 0 spiro atoms. The molecule has 188 valence electrons. The Morgan fingerprint density at radius 1 is 1.09 bits per heavy atom. The van der Waals surface area contributed by atoms with Crippen molar-refractivity contribution in [3.63, 3.8) is 0 Å². The number of halogens is 1. The van der Waals surface area contributed by atoms with Gasteiger partial charge >= 0.3 is 5.97 Å². The van der Waals surface area contributed by atoms with Gasteiger partial charge in [0.1, 0.15) is 22.8 Å². The molecule has 3 rings (SSSR count). The predicted octanol–water partition coefficient (Wildman–Crippen LogP) is 5.77. The van der Waals surface area contributed by atoms with Crippen molar-refractivity contribution in [1.82, 2.24) is 0 Å². The molecule has 7 nitrogen and oxygen atoms in total. The second-order valence-corrected chi connectivity index (χ2v) is 9.09. The van der Waals surface area contributed by atoms with Crippen molar-refractivity contribution in [2.45, 2.75) is 64.4 Å². The van der Waals surface area contributed by atoms with E-state index in [1.54, 1.807) is 36.4 Å². The van der Waals surface area contributed by atoms with Gasteiger partial charge in [-0.05, 0) is 62.8 Å². The van der Waals surface area contributed by atoms with E-state index in [1.807, 2.05) is 6.92 Å². The van der Waals surface area contributed by atoms with Crippen LogP contribution >= 0.6 is 11.6 Å². The predicted molar refractivity (Wildman–Crippen MR) is 134 cm³/mol. The number of anilines is 1. The number of carbonyl (C=O) groups excluding carboxylic acids is 3. The topological polar surface area (TPSA) is 90.9 Å². The summed E-state index contributed by atoms with van der Waals surface area (Å²) < 4.78 is 16.9. The maximum absolute atomic E-state index is 13.1. The minimum atomic E-state index is -0.462. The number of hydrogen-bond acceptors (Lipinski definition) is 6. The molecule has 35 heavy (non-hydrogen) atoms. The number of hydrogen-bond donors (Lipinski definition) is 1. The first kappa shape index (κ1) is 26.5. The molecule has 0 bridgehead atoms. The van der Waals surface area contributed by atoms with Gasteiger partial charge < -0.3 is 19.5 Å². The minimum Gasteiger partial charge on any atom is -0.496 e. The summed E-state index contributed by atoms with van der Waals surface area (Å²) in [6.45, 7) is 1.59. The number of carbonyl (C=O) groups is 3. The van der Waals surface area contributed by atoms with Crippen molar-refractivity contribution in [3.05, 3.63) is 52.5 Å². The van der Waals surface area contributed by atoms with Crippen molar-refractivity contribution < 1.29 is 28.6 Å². The molecule has 0 aliphatic carbocycles. The molecule has 0 saturated heterocycles. The zero-order valence-corrected chi connectivity index (χ0v) is 21.0. The van der Waals surface area contributed by atoms with Crippen LogP contribution in [0.2, 0.25) is 5.02 Å². The summed E-state index contributed by atoms with van der Waals surface area (Å²) in [5, 5.41) is 3.15. The van der Waals surface area contributed by atoms with Gasteiger partial charge in [-0.1, -0.05) is 30.2 Å². The fraction of sp³-hybridized carbons (Fsp3) is 0.444. The molecule has 2 aromatic carbocycles. The Hall–Kier alpha value is -3.06. The molecular weight excluding hydrogens is 470 g/mol. The van der Waals surface area contributed by atoms with E-state index in [9.17, 15) is 14.4 Å². The summed E-state index contributed by atoms with van der Waals surface area (Å²) >= 11 is 6.10. The van der Waals surface area contributed by atoms with Crippen LogP contribution in [0.3, 0.4) is 0 Å². The second-order valence-electron chi connectivity index (χ2n) is 8.68. The van der Waals surface area contributed by atoms with E-state index in [2.05, 4.69) is 5.32 Å². The summed E-state index contributed by atoms with van der Waals surface area (Å²) in [6.07, 6.45) is 5.17. The normalized spacial score (nSPS) is 17.5. The highest BCUT2D eigenvalue weighted by molar-refractivity contribution is 6.33. The molecule has 1 N–H and O–H groups in total. The van der Waals surface area contributed by atoms with E-state index in [1.165, 1.54) is 7.11 Å². The number of benzene rings is 2. The van der Waals surface area contributed by atoms with Gasteiger partial charge in [0.25, 0.3) is 5.91 Å². The number of rotatable bonds is 5. The van der Waals surface area contributed by atoms with Crippen molar-refractivity contribution in [1.29, 1.82) is 0 Å². The highest BCUT2D eigenvalue weighted by Crippen LogP contribution is 2.32. The van der Waals surface area contributed by atoms with E-state index >= 15 is 0 Å². The number of esters is 1. The van der Waals surface area contributed by atoms with E-state index in [0.717, 1.165) is 24.8 Å². The quantitative estimate of drug-likeness (QED) is 0.523. The lowest BCUT2D eigenvalue weighted by Gasteiger charge is -2.19. The molecular formula is C27H32ClNO6. The molecule has 1 atom stereocenters. The summed E-state index contributed by atoms with van der Waals surface area (Å²) in [4.78, 5) is 37.5. The average Bonchev–Trinajstić information content (AvgIpc) is 2.83. The number of ketones is 1. The molecule has 8 heteroatoms. The molecule has 0 saturated carbocycles. The van der Waals surface area contributed by atoms with Gasteiger partial charge in [0.2, 0.25) is 0 Å². The van der Waals surface area contributed by atoms with E-state index < -0.39 is 5.97 Å². The lowest BCUT2D eigenvalue weighted by Crippen LogP contribution is -2.21. The third kappa shape index (κ3) is 7.99. The number of fused-ring (bicyclic) bond motifs is 1. The van der Waals surface area contributed by atoms with Crippen molar-refractivity contribution in [2.75, 3.05) is 19.0 Å². The fourth-order valence-electron chi connectivity index (χ4n) is 4.04. The fourth-order valence-corrected chi connectivity index (χ4v) is 4.23. The number of methoxy groups -OCH3 is 1. The van der Waals surface area contributed by atoms with Crippen molar-refractivity contribution in [2.24, 2.45) is 0 Å². The van der Waals surface area contributed by atoms with E-state index in [-0.39, 0.29) is 24.4 Å². The Morgan fingerprint density at radius 3 is 2.60 bits per heavy atom. The largest absolute Gasteiger partial charge is 0.496 e. The first-order valence-corrected chi connectivity index (χ1v) is 12.4. The molecule has 2 aromatic rings. The number of Topliss-reactive ketones (excluding diaryl/α,β-unsaturated/α-hetero) is 1. The van der Waals surface area contributed by atoms with E-state index in [0.29, 0.717) is 59.9 Å². The maximum Gasteiger partial charge on any atom is 0.342 e. The minimum absolute atomic E-state index is 0.239. The van der Waals surface area contributed by atoms with Gasteiger partial charge in [-0.25, -0.2) is 4.79 Å². The van der Waals surface area contributed by atoms with Crippen LogP contribution in [0, 0.1) is 0 Å². The SMILES string of the molecule is COc1cc(OCC(=O)Nc2ccccc2Cl)cc2c1C(=O)OC(C)CCCC(=O)CCCCC2. The van der Waals surface area contributed by atoms with Crippen LogP contribution in [0.1, 0.15) is 67.8 Å². The Bertz CT molecular complexity index is 1050. The number of amides is 1. The van der Waals surface area contributed by atoms with Crippen LogP contribution in [-0.2, 0) is 20.7 Å². The van der Waals surface area contributed by atoms with Crippen LogP contribution in [0.5, 0.6) is 11.5 Å². The number of ether oxygens (including phenoxy) is 3. The molecule has 0 aromatic heterocycles. The molecule has 1 amide bonds. The van der Waals surface area contributed by atoms with Crippen LogP contribution in [0.4, 0.5) is 5.69 Å². The zero-order chi connectivity index (χ0) is 25.2. The third-order valence-corrected chi connectivity index (χ3v) is 6.21. The first-order chi connectivity index (χ1) is 16.9. The molecule has 1 aliphatic heterocycles. The van der Waals surface area contributed by atoms with Crippen molar-refractivity contribution >= 4 is 34.9 Å². The van der Waals surface area contributed by atoms with Gasteiger partial charge in [-0.15, -0.1) is 0 Å². The highest BCUT2D eigenvalue weighted by Gasteiger charge is 2.23. The van der Waals surface area contributed by atoms with Crippen LogP contribution in [-0.4, -0.2) is 37.5 Å². The lowest BCUT2D eigenvalue weighted by molar-refractivity contribution is -0.119. The highest BCUT2D eigenvalue weighted by atomic mass is 35.5. The van der Waals surface area contributed by atoms with Crippen LogP contribution in [0.15, 0.2) is 36.4 Å². The number of cyclic esters (lactones) is 1. The molecule has 0 fully saturated rings. The Kier molecular flexibility index (Phi) is 9.97. The number of nitrogens with one attached hydrogen (secondary N) is 1. The average molecular weight is 502 g/mol. The lowest BCUT2D eigenvalue weighted by atomic mass is 9.98. The number of para-hydroxylation sites is 1. The number of aryl methyl sites for hydroxylation is 1. The Morgan fingerprint density at radius 2 is 1.83 bits per heavy atom. The summed E-state index contributed by atoms with van der Waals surface area (Å²) in [6, 6.07) is 10.3. The zero-order valence-electron chi connectivity index (χ0n) is 20.2. The Balaban J connectivity index is 1.78. The summed E-state index contributed by atoms with van der Waals surface area (Å²) in [5.41, 5.74) is 1.60. The summed E-state index contributed by atoms with van der Waals surface area (Å²) in [5.74, 6) is 0.176. The first-order valence-electron chi connectivity index (χ1n) is 12.0. The van der Waals surface area contributed by atoms with Crippen LogP contribution < -0.4 is 14.8 Å². The Labute approximate surface area is 211 Å². The van der Waals surface area contributed by atoms with Gasteiger partial charge in [0, 0.05) is 18.9 Å². The van der Waals surface area contributed by atoms with Gasteiger partial charge in [-0.3, -0.25) is 9.59 Å². The van der Waals surface area contributed by atoms with Crippen LogP contribution in [0.25, 0.3) is 0 Å². The molecule has 1 aliphatic rings. The molecule has 0 radical (unpaired) electrons. The summed E-state index contributed by atoms with van der Waals surface area (Å²) in [7, 11) is 1.48. The van der Waals surface area contributed by atoms with Gasteiger partial charge in [-0.2, -0.15) is 0 Å². The monoisotopic (exact) mass is 501 g/mol. The standard InChI is InChI=1S/C27H32ClNO6/c1-18-9-8-12-20(30)11-5-3-4-10-19-15-21(16-24(33-2)26(19)27(32)35-18)34-17-25(31)29-23-14-7-6-13-22(23)28/h6-7,13-16,18H,3-5,8-12,17H2,1-2H3,(H,29,31). The van der Waals surface area contributed by atoms with E-state index in [4.69, 9.17) is 25.8 Å². The maximum atomic E-state index is 13.1. The second kappa shape index (κ2) is 13.1. The third-order valence-electron chi connectivity index (χ3n) is 5.88. The molecule has 1 unspecified atom stereocenters. The van der Waals surface area contributed by atoms with Gasteiger partial charge in [0.15, 0.2) is 6.61 Å². The van der Waals surface area contributed by atoms with Crippen molar-refractivity contribution in [3.8, 4) is 11.5 Å². The molecule has 1 heterocycles. The smallest absolute Gasteiger partial charge is 0.342 e.